The van der Waals surface area contributed by atoms with Gasteiger partial charge in [0.1, 0.15) is 18.0 Å². The van der Waals surface area contributed by atoms with Gasteiger partial charge < -0.3 is 15.3 Å². The molecule has 1 spiro atoms. The average Bonchev–Trinajstić information content (AvgIpc) is 3.21. The van der Waals surface area contributed by atoms with Gasteiger partial charge in [0.2, 0.25) is 0 Å². The number of nitrogens with zero attached hydrogens (tertiary/aromatic N) is 4. The molecule has 2 heterocycles. The molecule has 6 nitrogen and oxygen atoms in total. The van der Waals surface area contributed by atoms with Gasteiger partial charge in [-0.1, -0.05) is 6.92 Å². The van der Waals surface area contributed by atoms with Gasteiger partial charge in [0.25, 0.3) is 0 Å². The Labute approximate surface area is 131 Å². The van der Waals surface area contributed by atoms with Crippen LogP contribution in [0, 0.1) is 22.2 Å². The Morgan fingerprint density at radius 3 is 2.77 bits per heavy atom. The Bertz CT molecular complexity index is 576. The molecule has 0 radical (unpaired) electrons. The summed E-state index contributed by atoms with van der Waals surface area (Å²) in [5.74, 6) is 1.80. The molecule has 6 heteroatoms. The number of nitrogens with one attached hydrogen (secondary N) is 1. The molecule has 1 saturated heterocycles. The topological polar surface area (TPSA) is 85.1 Å². The van der Waals surface area contributed by atoms with Gasteiger partial charge in [-0.15, -0.1) is 0 Å². The number of aliphatic hydroxyl groups excluding tert-OH is 1. The zero-order valence-corrected chi connectivity index (χ0v) is 13.0. The van der Waals surface area contributed by atoms with E-state index in [-0.39, 0.29) is 12.0 Å². The standard InChI is InChI=1S/C16H23N5O/c1-2-5-18-13-8-14(20-12-19-13)21-6-3-15(4-7-21)9-16(15,10-17)11-22/h8,12,22H,2-7,9,11H2,1H3,(H,18,19,20). The zero-order valence-electron chi connectivity index (χ0n) is 13.0. The minimum atomic E-state index is -0.487. The van der Waals surface area contributed by atoms with Gasteiger partial charge >= 0.3 is 0 Å². The van der Waals surface area contributed by atoms with Crippen molar-refractivity contribution in [3.05, 3.63) is 12.4 Å². The van der Waals surface area contributed by atoms with Crippen LogP contribution in [0.4, 0.5) is 11.6 Å². The molecule has 1 atom stereocenters. The van der Waals surface area contributed by atoms with Crippen LogP contribution < -0.4 is 10.2 Å². The minimum absolute atomic E-state index is 0.0118. The quantitative estimate of drug-likeness (QED) is 0.862. The first-order valence-electron chi connectivity index (χ1n) is 8.02. The highest BCUT2D eigenvalue weighted by molar-refractivity contribution is 5.49. The molecule has 1 unspecified atom stereocenters. The minimum Gasteiger partial charge on any atom is -0.395 e. The molecule has 2 N–H and O–H groups in total. The molecule has 1 aliphatic carbocycles. The number of aromatic nitrogens is 2. The van der Waals surface area contributed by atoms with Gasteiger partial charge in [0.15, 0.2) is 0 Å². The van der Waals surface area contributed by atoms with Gasteiger partial charge in [-0.05, 0) is 31.1 Å². The molecule has 3 rings (SSSR count). The molecule has 1 aromatic heterocycles. The molecule has 0 aromatic carbocycles. The van der Waals surface area contributed by atoms with Gasteiger partial charge in [0, 0.05) is 25.7 Å². The molecular formula is C16H23N5O. The van der Waals surface area contributed by atoms with Crippen LogP contribution in [0.25, 0.3) is 0 Å². The number of nitriles is 1. The maximum absolute atomic E-state index is 9.51. The summed E-state index contributed by atoms with van der Waals surface area (Å²) in [7, 11) is 0. The average molecular weight is 301 g/mol. The van der Waals surface area contributed by atoms with Crippen LogP contribution in [-0.2, 0) is 0 Å². The molecule has 1 aromatic rings. The van der Waals surface area contributed by atoms with Crippen molar-refractivity contribution in [2.45, 2.75) is 32.6 Å². The van der Waals surface area contributed by atoms with E-state index in [9.17, 15) is 10.4 Å². The number of hydrogen-bond donors (Lipinski definition) is 2. The van der Waals surface area contributed by atoms with E-state index >= 15 is 0 Å². The van der Waals surface area contributed by atoms with E-state index in [1.54, 1.807) is 6.33 Å². The molecular weight excluding hydrogens is 278 g/mol. The van der Waals surface area contributed by atoms with Crippen molar-refractivity contribution in [3.63, 3.8) is 0 Å². The monoisotopic (exact) mass is 301 g/mol. The molecule has 1 saturated carbocycles. The Balaban J connectivity index is 1.64. The van der Waals surface area contributed by atoms with E-state index in [0.717, 1.165) is 57.0 Å². The molecule has 2 fully saturated rings. The fourth-order valence-electron chi connectivity index (χ4n) is 3.64. The first-order valence-corrected chi connectivity index (χ1v) is 8.02. The lowest BCUT2D eigenvalue weighted by Crippen LogP contribution is -2.37. The lowest BCUT2D eigenvalue weighted by molar-refractivity contribution is 0.193. The van der Waals surface area contributed by atoms with Gasteiger partial charge in [-0.2, -0.15) is 5.26 Å². The summed E-state index contributed by atoms with van der Waals surface area (Å²) in [5, 5.41) is 22.1. The smallest absolute Gasteiger partial charge is 0.134 e. The number of aliphatic hydroxyl groups is 1. The Morgan fingerprint density at radius 1 is 1.41 bits per heavy atom. The van der Waals surface area contributed by atoms with E-state index in [1.807, 2.05) is 6.07 Å². The molecule has 1 aliphatic heterocycles. The fourth-order valence-corrected chi connectivity index (χ4v) is 3.64. The SMILES string of the molecule is CCCNc1cc(N2CCC3(CC2)CC3(C#N)CO)ncn1. The summed E-state index contributed by atoms with van der Waals surface area (Å²) in [5.41, 5.74) is -0.456. The lowest BCUT2D eigenvalue weighted by Gasteiger charge is -2.34. The summed E-state index contributed by atoms with van der Waals surface area (Å²) in [4.78, 5) is 10.9. The van der Waals surface area contributed by atoms with E-state index in [2.05, 4.69) is 33.2 Å². The van der Waals surface area contributed by atoms with Crippen LogP contribution >= 0.6 is 0 Å². The van der Waals surface area contributed by atoms with Crippen molar-refractivity contribution in [2.24, 2.45) is 10.8 Å². The summed E-state index contributed by atoms with van der Waals surface area (Å²) in [6, 6.07) is 4.34. The van der Waals surface area contributed by atoms with Gasteiger partial charge in [0.05, 0.1) is 18.1 Å². The largest absolute Gasteiger partial charge is 0.395 e. The summed E-state index contributed by atoms with van der Waals surface area (Å²) < 4.78 is 0. The molecule has 2 aliphatic rings. The summed E-state index contributed by atoms with van der Waals surface area (Å²) >= 11 is 0. The molecule has 0 amide bonds. The molecule has 22 heavy (non-hydrogen) atoms. The maximum Gasteiger partial charge on any atom is 0.134 e. The molecule has 118 valence electrons. The van der Waals surface area contributed by atoms with E-state index < -0.39 is 5.41 Å². The van der Waals surface area contributed by atoms with E-state index in [4.69, 9.17) is 0 Å². The predicted molar refractivity (Wildman–Crippen MR) is 84.4 cm³/mol. The number of piperidine rings is 1. The highest BCUT2D eigenvalue weighted by atomic mass is 16.3. The second kappa shape index (κ2) is 5.73. The normalized spacial score (nSPS) is 25.8. The van der Waals surface area contributed by atoms with E-state index in [0.29, 0.717) is 0 Å². The van der Waals surface area contributed by atoms with Crippen molar-refractivity contribution in [1.29, 1.82) is 5.26 Å². The Kier molecular flexibility index (Phi) is 3.92. The Hall–Kier alpha value is -1.87. The third-order valence-electron chi connectivity index (χ3n) is 5.27. The van der Waals surface area contributed by atoms with Crippen LogP contribution in [-0.4, -0.2) is 41.3 Å². The van der Waals surface area contributed by atoms with Crippen molar-refractivity contribution < 1.29 is 5.11 Å². The van der Waals surface area contributed by atoms with Crippen LogP contribution in [0.15, 0.2) is 12.4 Å². The highest BCUT2D eigenvalue weighted by Gasteiger charge is 2.67. The zero-order chi connectivity index (χ0) is 15.6. The third kappa shape index (κ3) is 2.40. The van der Waals surface area contributed by atoms with Crippen LogP contribution in [0.3, 0.4) is 0 Å². The molecule has 0 bridgehead atoms. The van der Waals surface area contributed by atoms with Crippen molar-refractivity contribution in [3.8, 4) is 6.07 Å². The highest BCUT2D eigenvalue weighted by Crippen LogP contribution is 2.68. The summed E-state index contributed by atoms with van der Waals surface area (Å²) in [6.07, 6.45) is 5.39. The number of hydrogen-bond acceptors (Lipinski definition) is 6. The van der Waals surface area contributed by atoms with Crippen molar-refractivity contribution >= 4 is 11.6 Å². The number of anilines is 2. The lowest BCUT2D eigenvalue weighted by atomic mass is 9.85. The second-order valence-electron chi connectivity index (χ2n) is 6.48. The van der Waals surface area contributed by atoms with Crippen molar-refractivity contribution in [2.75, 3.05) is 36.5 Å². The maximum atomic E-state index is 9.51. The van der Waals surface area contributed by atoms with Crippen LogP contribution in [0.2, 0.25) is 0 Å². The Morgan fingerprint density at radius 2 is 2.18 bits per heavy atom. The van der Waals surface area contributed by atoms with Gasteiger partial charge in [-0.3, -0.25) is 0 Å². The third-order valence-corrected chi connectivity index (χ3v) is 5.27. The first-order chi connectivity index (χ1) is 10.7. The van der Waals surface area contributed by atoms with Crippen molar-refractivity contribution in [1.82, 2.24) is 9.97 Å². The van der Waals surface area contributed by atoms with Crippen LogP contribution in [0.1, 0.15) is 32.6 Å². The first kappa shape index (κ1) is 15.0. The van der Waals surface area contributed by atoms with Gasteiger partial charge in [-0.25, -0.2) is 9.97 Å². The fraction of sp³-hybridized carbons (Fsp3) is 0.688. The van der Waals surface area contributed by atoms with Crippen LogP contribution in [0.5, 0.6) is 0 Å². The summed E-state index contributed by atoms with van der Waals surface area (Å²) in [6.45, 7) is 4.78. The predicted octanol–water partition coefficient (Wildman–Crippen LogP) is 1.79. The van der Waals surface area contributed by atoms with E-state index in [1.165, 1.54) is 0 Å². The number of rotatable bonds is 5. The second-order valence-corrected chi connectivity index (χ2v) is 6.48.